The van der Waals surface area contributed by atoms with E-state index >= 15 is 0 Å². The quantitative estimate of drug-likeness (QED) is 0.273. The highest BCUT2D eigenvalue weighted by molar-refractivity contribution is 6.32. The van der Waals surface area contributed by atoms with Crippen molar-refractivity contribution in [2.75, 3.05) is 11.9 Å². The molecule has 1 unspecified atom stereocenters. The van der Waals surface area contributed by atoms with Crippen molar-refractivity contribution in [3.63, 3.8) is 0 Å². The fourth-order valence-corrected chi connectivity index (χ4v) is 4.36. The van der Waals surface area contributed by atoms with Crippen molar-refractivity contribution in [3.8, 4) is 17.2 Å². The summed E-state index contributed by atoms with van der Waals surface area (Å²) >= 11 is 12.4. The molecule has 6 nitrogen and oxygen atoms in total. The third kappa shape index (κ3) is 4.90. The first kappa shape index (κ1) is 23.0. The van der Waals surface area contributed by atoms with E-state index in [0.717, 1.165) is 16.5 Å². The lowest BCUT2D eigenvalue weighted by Gasteiger charge is -2.26. The topological polar surface area (TPSA) is 80.7 Å². The van der Waals surface area contributed by atoms with Crippen LogP contribution >= 0.6 is 23.2 Å². The molecule has 2 heterocycles. The van der Waals surface area contributed by atoms with Gasteiger partial charge in [0.15, 0.2) is 0 Å². The van der Waals surface area contributed by atoms with E-state index in [4.69, 9.17) is 32.7 Å². The number of ether oxygens (including phenoxy) is 2. The van der Waals surface area contributed by atoms with Gasteiger partial charge in [-0.1, -0.05) is 29.8 Å². The van der Waals surface area contributed by atoms with Crippen LogP contribution in [0.2, 0.25) is 10.0 Å². The smallest absolute Gasteiger partial charge is 0.256 e. The van der Waals surface area contributed by atoms with E-state index in [1.165, 1.54) is 0 Å². The van der Waals surface area contributed by atoms with Crippen molar-refractivity contribution < 1.29 is 19.4 Å². The van der Waals surface area contributed by atoms with Crippen LogP contribution in [0.5, 0.6) is 17.2 Å². The summed E-state index contributed by atoms with van der Waals surface area (Å²) < 4.78 is 11.7. The maximum atomic E-state index is 12.7. The number of nitrogens with one attached hydrogen (secondary N) is 1. The Hall–Kier alpha value is -3.74. The van der Waals surface area contributed by atoms with Crippen LogP contribution in [0.4, 0.5) is 5.82 Å². The minimum atomic E-state index is -0.298. The van der Waals surface area contributed by atoms with Gasteiger partial charge in [-0.05, 0) is 67.1 Å². The molecule has 1 aliphatic heterocycles. The second-order valence-electron chi connectivity index (χ2n) is 8.12. The average molecular weight is 507 g/mol. The van der Waals surface area contributed by atoms with Crippen molar-refractivity contribution >= 4 is 45.8 Å². The molecular formula is C27H20Cl2N2O4. The molecule has 2 N–H and O–H groups in total. The molecule has 35 heavy (non-hydrogen) atoms. The van der Waals surface area contributed by atoms with Crippen LogP contribution in [0.15, 0.2) is 79.1 Å². The van der Waals surface area contributed by atoms with Crippen LogP contribution in [0, 0.1) is 0 Å². The van der Waals surface area contributed by atoms with E-state index in [2.05, 4.69) is 16.9 Å². The number of carbonyl (C=O) groups is 1. The summed E-state index contributed by atoms with van der Waals surface area (Å²) in [6.07, 6.45) is 0.630. The molecule has 1 atom stereocenters. The monoisotopic (exact) mass is 506 g/mol. The largest absolute Gasteiger partial charge is 0.512 e. The fourth-order valence-electron chi connectivity index (χ4n) is 3.97. The normalized spacial score (nSPS) is 14.6. The summed E-state index contributed by atoms with van der Waals surface area (Å²) in [7, 11) is 0. The number of nitrogens with zero attached hydrogens (tertiary/aromatic N) is 1. The number of carbonyl (C=O) groups excluding carboxylic acids is 1. The number of amides is 1. The Morgan fingerprint density at radius 1 is 1.09 bits per heavy atom. The zero-order chi connectivity index (χ0) is 24.5. The first-order valence-corrected chi connectivity index (χ1v) is 11.6. The van der Waals surface area contributed by atoms with E-state index in [-0.39, 0.29) is 17.6 Å². The maximum Gasteiger partial charge on any atom is 0.256 e. The van der Waals surface area contributed by atoms with Gasteiger partial charge in [-0.3, -0.25) is 4.79 Å². The van der Waals surface area contributed by atoms with E-state index in [1.807, 2.05) is 12.1 Å². The number of aliphatic hydroxyl groups is 1. The van der Waals surface area contributed by atoms with E-state index in [0.29, 0.717) is 51.7 Å². The number of rotatable bonds is 5. The molecule has 0 saturated heterocycles. The summed E-state index contributed by atoms with van der Waals surface area (Å²) in [5.74, 6) is 1.50. The Morgan fingerprint density at radius 3 is 2.66 bits per heavy atom. The molecule has 176 valence electrons. The molecule has 0 bridgehead atoms. The van der Waals surface area contributed by atoms with Gasteiger partial charge in [0.2, 0.25) is 0 Å². The van der Waals surface area contributed by atoms with Gasteiger partial charge in [0.1, 0.15) is 23.1 Å². The van der Waals surface area contributed by atoms with Crippen LogP contribution in [-0.4, -0.2) is 22.6 Å². The lowest BCUT2D eigenvalue weighted by atomic mass is 9.92. The average Bonchev–Trinajstić information content (AvgIpc) is 2.84. The molecule has 5 rings (SSSR count). The Balaban J connectivity index is 1.30. The molecule has 1 aliphatic rings. The zero-order valence-electron chi connectivity index (χ0n) is 18.4. The van der Waals surface area contributed by atoms with Crippen molar-refractivity contribution in [2.45, 2.75) is 12.3 Å². The van der Waals surface area contributed by atoms with Gasteiger partial charge in [-0.25, -0.2) is 4.98 Å². The molecule has 8 heteroatoms. The molecule has 1 amide bonds. The highest BCUT2D eigenvalue weighted by Crippen LogP contribution is 2.43. The SMILES string of the molecule is C=C(O)C1CCOc2cc(Oc3ccc(C(=O)Nc4ccc5cc(Cl)ccc5n4)cc3)c(Cl)cc21. The lowest BCUT2D eigenvalue weighted by Crippen LogP contribution is -2.15. The Kier molecular flexibility index (Phi) is 6.24. The third-order valence-electron chi connectivity index (χ3n) is 5.74. The molecule has 0 aliphatic carbocycles. The maximum absolute atomic E-state index is 12.7. The Bertz CT molecular complexity index is 1450. The fraction of sp³-hybridized carbons (Fsp3) is 0.111. The van der Waals surface area contributed by atoms with Gasteiger partial charge in [0, 0.05) is 33.5 Å². The van der Waals surface area contributed by atoms with Crippen LogP contribution in [0.1, 0.15) is 28.3 Å². The van der Waals surface area contributed by atoms with Gasteiger partial charge in [-0.15, -0.1) is 0 Å². The second-order valence-corrected chi connectivity index (χ2v) is 8.96. The van der Waals surface area contributed by atoms with Crippen LogP contribution < -0.4 is 14.8 Å². The lowest BCUT2D eigenvalue weighted by molar-refractivity contribution is 0.102. The van der Waals surface area contributed by atoms with Gasteiger partial charge >= 0.3 is 0 Å². The number of aliphatic hydroxyl groups excluding tert-OH is 1. The molecule has 1 aromatic heterocycles. The molecule has 0 fully saturated rings. The zero-order valence-corrected chi connectivity index (χ0v) is 19.9. The molecule has 4 aromatic rings. The third-order valence-corrected chi connectivity index (χ3v) is 6.27. The minimum Gasteiger partial charge on any atom is -0.512 e. The van der Waals surface area contributed by atoms with E-state index < -0.39 is 0 Å². The summed E-state index contributed by atoms with van der Waals surface area (Å²) in [4.78, 5) is 17.1. The molecule has 0 radical (unpaired) electrons. The number of fused-ring (bicyclic) bond motifs is 2. The molecular weight excluding hydrogens is 487 g/mol. The predicted molar refractivity (Wildman–Crippen MR) is 137 cm³/mol. The highest BCUT2D eigenvalue weighted by atomic mass is 35.5. The highest BCUT2D eigenvalue weighted by Gasteiger charge is 2.26. The second kappa shape index (κ2) is 9.49. The number of allylic oxidation sites excluding steroid dienone is 1. The molecule has 0 saturated carbocycles. The van der Waals surface area contributed by atoms with E-state index in [1.54, 1.807) is 54.6 Å². The van der Waals surface area contributed by atoms with Crippen molar-refractivity contribution in [1.29, 1.82) is 0 Å². The summed E-state index contributed by atoms with van der Waals surface area (Å²) in [6.45, 7) is 4.11. The van der Waals surface area contributed by atoms with E-state index in [9.17, 15) is 9.90 Å². The van der Waals surface area contributed by atoms with Crippen molar-refractivity contribution in [3.05, 3.63) is 100 Å². The van der Waals surface area contributed by atoms with Gasteiger partial charge in [-0.2, -0.15) is 0 Å². The number of pyridine rings is 1. The number of halogens is 2. The summed E-state index contributed by atoms with van der Waals surface area (Å²) in [6, 6.07) is 19.0. The van der Waals surface area contributed by atoms with Gasteiger partial charge < -0.3 is 19.9 Å². The Morgan fingerprint density at radius 2 is 1.89 bits per heavy atom. The number of aromatic nitrogens is 1. The first-order chi connectivity index (χ1) is 16.9. The summed E-state index contributed by atoms with van der Waals surface area (Å²) in [5.41, 5.74) is 1.95. The number of anilines is 1. The van der Waals surface area contributed by atoms with Crippen LogP contribution in [0.25, 0.3) is 10.9 Å². The predicted octanol–water partition coefficient (Wildman–Crippen LogP) is 7.52. The minimum absolute atomic E-state index is 0.0800. The molecule has 3 aromatic carbocycles. The first-order valence-electron chi connectivity index (χ1n) is 10.9. The van der Waals surface area contributed by atoms with Crippen LogP contribution in [0.3, 0.4) is 0 Å². The van der Waals surface area contributed by atoms with Gasteiger partial charge in [0.25, 0.3) is 5.91 Å². The summed E-state index contributed by atoms with van der Waals surface area (Å²) in [5, 5.41) is 14.6. The molecule has 0 spiro atoms. The number of hydrogen-bond donors (Lipinski definition) is 2. The van der Waals surface area contributed by atoms with Crippen molar-refractivity contribution in [2.24, 2.45) is 0 Å². The standard InChI is InChI=1S/C27H20Cl2N2O4/c1-15(32)20-10-11-34-24-14-25(22(29)13-21(20)24)35-19-6-2-16(3-7-19)27(33)31-26-9-4-17-12-18(28)5-8-23(17)30-26/h2-9,12-14,20,32H,1,10-11H2,(H,30,31,33). The van der Waals surface area contributed by atoms with Crippen molar-refractivity contribution in [1.82, 2.24) is 4.98 Å². The number of hydrogen-bond acceptors (Lipinski definition) is 5. The van der Waals surface area contributed by atoms with Gasteiger partial charge in [0.05, 0.1) is 22.9 Å². The number of benzene rings is 3. The Labute approximate surface area is 211 Å². The van der Waals surface area contributed by atoms with Crippen LogP contribution in [-0.2, 0) is 0 Å².